The lowest BCUT2D eigenvalue weighted by atomic mass is 10.1. The summed E-state index contributed by atoms with van der Waals surface area (Å²) in [4.78, 5) is 14.3. The smallest absolute Gasteiger partial charge is 0.335 e. The van der Waals surface area contributed by atoms with Crippen molar-refractivity contribution in [1.29, 1.82) is 0 Å². The number of rotatable bonds is 3. The van der Waals surface area contributed by atoms with Gasteiger partial charge in [-0.3, -0.25) is 4.98 Å². The standard InChI is InChI=1S/C9H10O2.C7H9N/c1-2-7-3-5-8(6-4-7)9(10)11;1-2-7-3-5-8-6-4-7/h3-6H,2H2,1H3,(H,10,11);3-6H,2H2,1H3. The van der Waals surface area contributed by atoms with Crippen LogP contribution in [0.2, 0.25) is 0 Å². The van der Waals surface area contributed by atoms with Crippen molar-refractivity contribution in [3.8, 4) is 0 Å². The number of pyridine rings is 1. The topological polar surface area (TPSA) is 50.2 Å². The van der Waals surface area contributed by atoms with Crippen molar-refractivity contribution in [2.45, 2.75) is 26.7 Å². The van der Waals surface area contributed by atoms with E-state index >= 15 is 0 Å². The lowest BCUT2D eigenvalue weighted by Gasteiger charge is -1.96. The average molecular weight is 257 g/mol. The fraction of sp³-hybridized carbons (Fsp3) is 0.250. The Bertz CT molecular complexity index is 492. The Morgan fingerprint density at radius 2 is 1.42 bits per heavy atom. The van der Waals surface area contributed by atoms with Crippen molar-refractivity contribution in [2.75, 3.05) is 0 Å². The number of aryl methyl sites for hydroxylation is 2. The molecule has 0 atom stereocenters. The van der Waals surface area contributed by atoms with Gasteiger partial charge < -0.3 is 5.11 Å². The predicted octanol–water partition coefficient (Wildman–Crippen LogP) is 3.59. The molecule has 0 bridgehead atoms. The molecule has 1 aromatic carbocycles. The normalized spacial score (nSPS) is 9.37. The maximum absolute atomic E-state index is 10.4. The molecular formula is C16H19NO2. The molecule has 19 heavy (non-hydrogen) atoms. The molecule has 0 radical (unpaired) electrons. The first kappa shape index (κ1) is 14.9. The van der Waals surface area contributed by atoms with Gasteiger partial charge in [-0.25, -0.2) is 4.79 Å². The molecular weight excluding hydrogens is 238 g/mol. The largest absolute Gasteiger partial charge is 0.478 e. The van der Waals surface area contributed by atoms with Gasteiger partial charge in [0.05, 0.1) is 5.56 Å². The summed E-state index contributed by atoms with van der Waals surface area (Å²) in [5, 5.41) is 8.55. The van der Waals surface area contributed by atoms with E-state index in [9.17, 15) is 4.79 Å². The SMILES string of the molecule is CCc1ccc(C(=O)O)cc1.CCc1ccncc1. The molecule has 0 aliphatic rings. The summed E-state index contributed by atoms with van der Waals surface area (Å²) in [6.45, 7) is 4.17. The van der Waals surface area contributed by atoms with Crippen LogP contribution in [0, 0.1) is 0 Å². The zero-order valence-corrected chi connectivity index (χ0v) is 11.3. The molecule has 0 aliphatic heterocycles. The molecule has 100 valence electrons. The number of nitrogens with zero attached hydrogens (tertiary/aromatic N) is 1. The van der Waals surface area contributed by atoms with E-state index in [-0.39, 0.29) is 0 Å². The number of carbonyl (C=O) groups is 1. The summed E-state index contributed by atoms with van der Waals surface area (Å²) in [5.41, 5.74) is 2.86. The van der Waals surface area contributed by atoms with E-state index in [1.54, 1.807) is 12.1 Å². The highest BCUT2D eigenvalue weighted by Gasteiger charge is 1.99. The number of hydrogen-bond donors (Lipinski definition) is 1. The van der Waals surface area contributed by atoms with Crippen LogP contribution in [-0.2, 0) is 12.8 Å². The molecule has 0 unspecified atom stereocenters. The van der Waals surface area contributed by atoms with Crippen LogP contribution in [0.3, 0.4) is 0 Å². The highest BCUT2D eigenvalue weighted by atomic mass is 16.4. The minimum absolute atomic E-state index is 0.349. The van der Waals surface area contributed by atoms with Crippen LogP contribution in [0.25, 0.3) is 0 Å². The number of carboxylic acid groups (broad SMARTS) is 1. The lowest BCUT2D eigenvalue weighted by molar-refractivity contribution is 0.0697. The molecule has 0 aliphatic carbocycles. The molecule has 3 heteroatoms. The van der Waals surface area contributed by atoms with E-state index in [2.05, 4.69) is 11.9 Å². The van der Waals surface area contributed by atoms with Gasteiger partial charge >= 0.3 is 5.97 Å². The number of hydrogen-bond acceptors (Lipinski definition) is 2. The maximum atomic E-state index is 10.4. The van der Waals surface area contributed by atoms with Crippen molar-refractivity contribution in [3.63, 3.8) is 0 Å². The molecule has 1 N–H and O–H groups in total. The molecule has 0 amide bonds. The van der Waals surface area contributed by atoms with Gasteiger partial charge in [-0.05, 0) is 48.2 Å². The number of carboxylic acids is 1. The van der Waals surface area contributed by atoms with Gasteiger partial charge in [0.1, 0.15) is 0 Å². The summed E-state index contributed by atoms with van der Waals surface area (Å²) in [6.07, 6.45) is 5.68. The van der Waals surface area contributed by atoms with Crippen molar-refractivity contribution < 1.29 is 9.90 Å². The van der Waals surface area contributed by atoms with E-state index < -0.39 is 5.97 Å². The molecule has 0 saturated heterocycles. The molecule has 0 spiro atoms. The monoisotopic (exact) mass is 257 g/mol. The van der Waals surface area contributed by atoms with E-state index in [1.165, 1.54) is 5.56 Å². The third kappa shape index (κ3) is 5.34. The quantitative estimate of drug-likeness (QED) is 0.914. The van der Waals surface area contributed by atoms with Crippen LogP contribution in [0.4, 0.5) is 0 Å². The fourth-order valence-electron chi connectivity index (χ4n) is 1.50. The first-order valence-corrected chi connectivity index (χ1v) is 6.38. The summed E-state index contributed by atoms with van der Waals surface area (Å²) < 4.78 is 0. The first-order chi connectivity index (χ1) is 9.17. The Labute approximate surface area is 113 Å². The number of benzene rings is 1. The highest BCUT2D eigenvalue weighted by Crippen LogP contribution is 2.04. The summed E-state index contributed by atoms with van der Waals surface area (Å²) in [7, 11) is 0. The number of aromatic carboxylic acids is 1. The lowest BCUT2D eigenvalue weighted by Crippen LogP contribution is -1.95. The van der Waals surface area contributed by atoms with Gasteiger partial charge in [0, 0.05) is 12.4 Å². The van der Waals surface area contributed by atoms with Gasteiger partial charge in [0.2, 0.25) is 0 Å². The minimum atomic E-state index is -0.868. The predicted molar refractivity (Wildman–Crippen MR) is 76.4 cm³/mol. The molecule has 1 heterocycles. The van der Waals surface area contributed by atoms with Gasteiger partial charge in [0.15, 0.2) is 0 Å². The summed E-state index contributed by atoms with van der Waals surface area (Å²) in [5.74, 6) is -0.868. The van der Waals surface area contributed by atoms with Crippen molar-refractivity contribution in [3.05, 3.63) is 65.5 Å². The first-order valence-electron chi connectivity index (χ1n) is 6.38. The third-order valence-electron chi connectivity index (χ3n) is 2.77. The zero-order valence-electron chi connectivity index (χ0n) is 11.3. The number of aromatic nitrogens is 1. The minimum Gasteiger partial charge on any atom is -0.478 e. The van der Waals surface area contributed by atoms with Crippen LogP contribution in [0.5, 0.6) is 0 Å². The fourth-order valence-corrected chi connectivity index (χ4v) is 1.50. The highest BCUT2D eigenvalue weighted by molar-refractivity contribution is 5.87. The van der Waals surface area contributed by atoms with E-state index in [0.29, 0.717) is 5.56 Å². The second-order valence-electron chi connectivity index (χ2n) is 4.06. The second-order valence-corrected chi connectivity index (χ2v) is 4.06. The molecule has 0 fully saturated rings. The molecule has 2 aromatic rings. The Morgan fingerprint density at radius 3 is 1.79 bits per heavy atom. The van der Waals surface area contributed by atoms with Crippen molar-refractivity contribution >= 4 is 5.97 Å². The van der Waals surface area contributed by atoms with Crippen LogP contribution in [0.15, 0.2) is 48.8 Å². The molecule has 3 nitrogen and oxygen atoms in total. The molecule has 0 saturated carbocycles. The van der Waals surface area contributed by atoms with E-state index in [0.717, 1.165) is 18.4 Å². The Morgan fingerprint density at radius 1 is 0.947 bits per heavy atom. The third-order valence-corrected chi connectivity index (χ3v) is 2.77. The Hall–Kier alpha value is -2.16. The molecule has 1 aromatic heterocycles. The van der Waals surface area contributed by atoms with Gasteiger partial charge in [-0.1, -0.05) is 26.0 Å². The van der Waals surface area contributed by atoms with Crippen LogP contribution >= 0.6 is 0 Å². The average Bonchev–Trinajstić information content (AvgIpc) is 2.48. The van der Waals surface area contributed by atoms with Crippen LogP contribution < -0.4 is 0 Å². The van der Waals surface area contributed by atoms with Crippen molar-refractivity contribution in [2.24, 2.45) is 0 Å². The Balaban J connectivity index is 0.000000200. The van der Waals surface area contributed by atoms with E-state index in [4.69, 9.17) is 5.11 Å². The van der Waals surface area contributed by atoms with E-state index in [1.807, 2.05) is 43.6 Å². The van der Waals surface area contributed by atoms with Gasteiger partial charge in [-0.2, -0.15) is 0 Å². The second kappa shape index (κ2) is 8.03. The van der Waals surface area contributed by atoms with Gasteiger partial charge in [-0.15, -0.1) is 0 Å². The van der Waals surface area contributed by atoms with Crippen LogP contribution in [-0.4, -0.2) is 16.1 Å². The maximum Gasteiger partial charge on any atom is 0.335 e. The Kier molecular flexibility index (Phi) is 6.30. The van der Waals surface area contributed by atoms with Gasteiger partial charge in [0.25, 0.3) is 0 Å². The zero-order chi connectivity index (χ0) is 14.1. The van der Waals surface area contributed by atoms with Crippen LogP contribution in [0.1, 0.15) is 35.3 Å². The summed E-state index contributed by atoms with van der Waals surface area (Å²) in [6, 6.07) is 11.0. The summed E-state index contributed by atoms with van der Waals surface area (Å²) >= 11 is 0. The molecule has 2 rings (SSSR count). The van der Waals surface area contributed by atoms with Crippen molar-refractivity contribution in [1.82, 2.24) is 4.98 Å².